The van der Waals surface area contributed by atoms with Crippen molar-refractivity contribution in [3.05, 3.63) is 47.5 Å². The third kappa shape index (κ3) is 3.74. The van der Waals surface area contributed by atoms with Crippen LogP contribution in [0.1, 0.15) is 5.56 Å². The Morgan fingerprint density at radius 2 is 1.95 bits per heavy atom. The fraction of sp³-hybridized carbons (Fsp3) is 0.231. The van der Waals surface area contributed by atoms with Gasteiger partial charge in [-0.05, 0) is 17.7 Å². The summed E-state index contributed by atoms with van der Waals surface area (Å²) in [7, 11) is 1.52. The topological polar surface area (TPSA) is 59.0 Å². The van der Waals surface area contributed by atoms with Gasteiger partial charge < -0.3 is 10.6 Å². The van der Waals surface area contributed by atoms with Gasteiger partial charge in [-0.2, -0.15) is 5.10 Å². The van der Waals surface area contributed by atoms with Gasteiger partial charge >= 0.3 is 0 Å². The maximum absolute atomic E-state index is 13.0. The number of likely N-dealkylation sites (N-methyl/N-ethyl adjacent to an activating group) is 1. The van der Waals surface area contributed by atoms with Crippen LogP contribution in [0.2, 0.25) is 0 Å². The summed E-state index contributed by atoms with van der Waals surface area (Å²) < 4.78 is 40.3. The van der Waals surface area contributed by atoms with Crippen molar-refractivity contribution >= 4 is 11.6 Å². The predicted molar refractivity (Wildman–Crippen MR) is 69.9 cm³/mol. The lowest BCUT2D eigenvalue weighted by molar-refractivity contribution is -0.121. The smallest absolute Gasteiger partial charge is 0.241 e. The first kappa shape index (κ1) is 14.9. The summed E-state index contributed by atoms with van der Waals surface area (Å²) in [6.07, 6.45) is 3.05. The van der Waals surface area contributed by atoms with Gasteiger partial charge in [0.2, 0.25) is 5.91 Å². The molecule has 0 fully saturated rings. The van der Waals surface area contributed by atoms with E-state index in [4.69, 9.17) is 0 Å². The SMILES string of the molecule is CNC(=O)Cn1cc(NCc2cc(F)c(F)c(F)c2)cn1. The van der Waals surface area contributed by atoms with Gasteiger partial charge in [0.1, 0.15) is 6.54 Å². The van der Waals surface area contributed by atoms with E-state index in [9.17, 15) is 18.0 Å². The molecule has 0 unspecified atom stereocenters. The molecule has 1 aromatic carbocycles. The number of carbonyl (C=O) groups is 1. The zero-order valence-corrected chi connectivity index (χ0v) is 11.2. The second kappa shape index (κ2) is 6.29. The van der Waals surface area contributed by atoms with Gasteiger partial charge in [0.05, 0.1) is 11.9 Å². The van der Waals surface area contributed by atoms with Crippen molar-refractivity contribution in [2.24, 2.45) is 0 Å². The quantitative estimate of drug-likeness (QED) is 0.825. The molecular formula is C13H13F3N4O. The molecule has 0 radical (unpaired) electrons. The Morgan fingerprint density at radius 1 is 1.29 bits per heavy atom. The molecule has 0 aliphatic rings. The van der Waals surface area contributed by atoms with E-state index in [2.05, 4.69) is 15.7 Å². The molecule has 2 N–H and O–H groups in total. The molecule has 1 amide bonds. The summed E-state index contributed by atoms with van der Waals surface area (Å²) in [6.45, 7) is 0.164. The maximum atomic E-state index is 13.0. The monoisotopic (exact) mass is 298 g/mol. The molecule has 21 heavy (non-hydrogen) atoms. The van der Waals surface area contributed by atoms with Crippen LogP contribution in [0.5, 0.6) is 0 Å². The molecule has 8 heteroatoms. The van der Waals surface area contributed by atoms with Crippen LogP contribution in [0, 0.1) is 17.5 Å². The molecule has 2 rings (SSSR count). The van der Waals surface area contributed by atoms with Crippen LogP contribution in [-0.4, -0.2) is 22.7 Å². The standard InChI is InChI=1S/C13H13F3N4O/c1-17-12(21)7-20-6-9(5-19-20)18-4-8-2-10(14)13(16)11(15)3-8/h2-3,5-6,18H,4,7H2,1H3,(H,17,21). The predicted octanol–water partition coefficient (Wildman–Crippen LogP) is 1.66. The molecule has 5 nitrogen and oxygen atoms in total. The van der Waals surface area contributed by atoms with Crippen LogP contribution in [-0.2, 0) is 17.9 Å². The van der Waals surface area contributed by atoms with Gasteiger partial charge in [-0.1, -0.05) is 0 Å². The van der Waals surface area contributed by atoms with Crippen molar-refractivity contribution in [3.63, 3.8) is 0 Å². The first-order valence-corrected chi connectivity index (χ1v) is 6.10. The van der Waals surface area contributed by atoms with Gasteiger partial charge in [-0.3, -0.25) is 9.48 Å². The number of aromatic nitrogens is 2. The summed E-state index contributed by atoms with van der Waals surface area (Å²) >= 11 is 0. The number of nitrogens with one attached hydrogen (secondary N) is 2. The zero-order chi connectivity index (χ0) is 15.4. The largest absolute Gasteiger partial charge is 0.378 e. The van der Waals surface area contributed by atoms with Crippen LogP contribution >= 0.6 is 0 Å². The summed E-state index contributed by atoms with van der Waals surface area (Å²) in [4.78, 5) is 11.2. The Bertz CT molecular complexity index is 634. The molecule has 2 aromatic rings. The van der Waals surface area contributed by atoms with Crippen LogP contribution < -0.4 is 10.6 Å². The Hall–Kier alpha value is -2.51. The van der Waals surface area contributed by atoms with E-state index in [1.165, 1.54) is 17.9 Å². The highest BCUT2D eigenvalue weighted by Gasteiger charge is 2.10. The number of nitrogens with zero attached hydrogens (tertiary/aromatic N) is 2. The molecule has 1 aromatic heterocycles. The molecule has 0 aliphatic carbocycles. The van der Waals surface area contributed by atoms with Gasteiger partial charge in [0, 0.05) is 19.8 Å². The van der Waals surface area contributed by atoms with Crippen molar-refractivity contribution in [1.29, 1.82) is 0 Å². The van der Waals surface area contributed by atoms with Crippen LogP contribution in [0.25, 0.3) is 0 Å². The van der Waals surface area contributed by atoms with Crippen LogP contribution in [0.3, 0.4) is 0 Å². The van der Waals surface area contributed by atoms with E-state index in [0.29, 0.717) is 5.69 Å². The lowest BCUT2D eigenvalue weighted by atomic mass is 10.2. The average molecular weight is 298 g/mol. The highest BCUT2D eigenvalue weighted by atomic mass is 19.2. The van der Waals surface area contributed by atoms with Crippen molar-refractivity contribution in [2.75, 3.05) is 12.4 Å². The minimum absolute atomic E-state index is 0.0674. The molecule has 0 bridgehead atoms. The fourth-order valence-corrected chi connectivity index (χ4v) is 1.68. The molecule has 0 spiro atoms. The van der Waals surface area contributed by atoms with Crippen LogP contribution in [0.4, 0.5) is 18.9 Å². The first-order chi connectivity index (χ1) is 9.99. The number of halogens is 3. The van der Waals surface area contributed by atoms with Crippen molar-refractivity contribution < 1.29 is 18.0 Å². The number of carbonyl (C=O) groups excluding carboxylic acids is 1. The van der Waals surface area contributed by atoms with Crippen molar-refractivity contribution in [2.45, 2.75) is 13.1 Å². The molecule has 112 valence electrons. The zero-order valence-electron chi connectivity index (χ0n) is 11.2. The van der Waals surface area contributed by atoms with Gasteiger partial charge in [0.25, 0.3) is 0 Å². The van der Waals surface area contributed by atoms with Gasteiger partial charge in [0.15, 0.2) is 17.5 Å². The molecule has 0 saturated heterocycles. The molecule has 0 aliphatic heterocycles. The number of amides is 1. The van der Waals surface area contributed by atoms with Crippen LogP contribution in [0.15, 0.2) is 24.5 Å². The minimum atomic E-state index is -1.49. The normalized spacial score (nSPS) is 10.5. The first-order valence-electron chi connectivity index (χ1n) is 6.10. The van der Waals surface area contributed by atoms with E-state index in [-0.39, 0.29) is 24.6 Å². The van der Waals surface area contributed by atoms with Gasteiger partial charge in [-0.25, -0.2) is 13.2 Å². The van der Waals surface area contributed by atoms with E-state index < -0.39 is 17.5 Å². The molecule has 0 atom stereocenters. The number of benzene rings is 1. The van der Waals surface area contributed by atoms with E-state index in [1.807, 2.05) is 0 Å². The molecule has 1 heterocycles. The highest BCUT2D eigenvalue weighted by molar-refractivity contribution is 5.75. The highest BCUT2D eigenvalue weighted by Crippen LogP contribution is 2.15. The maximum Gasteiger partial charge on any atom is 0.241 e. The Balaban J connectivity index is 1.99. The number of hydrogen-bond donors (Lipinski definition) is 2. The second-order valence-corrected chi connectivity index (χ2v) is 4.33. The minimum Gasteiger partial charge on any atom is -0.378 e. The number of rotatable bonds is 5. The van der Waals surface area contributed by atoms with Crippen molar-refractivity contribution in [1.82, 2.24) is 15.1 Å². The third-order valence-electron chi connectivity index (χ3n) is 2.76. The van der Waals surface area contributed by atoms with E-state index in [0.717, 1.165) is 12.1 Å². The number of anilines is 1. The molecule has 0 saturated carbocycles. The molecular weight excluding hydrogens is 285 g/mol. The summed E-state index contributed by atoms with van der Waals surface area (Å²) in [5.41, 5.74) is 0.828. The van der Waals surface area contributed by atoms with E-state index >= 15 is 0 Å². The Morgan fingerprint density at radius 3 is 2.57 bits per heavy atom. The lowest BCUT2D eigenvalue weighted by Crippen LogP contribution is -2.23. The van der Waals surface area contributed by atoms with Gasteiger partial charge in [-0.15, -0.1) is 0 Å². The second-order valence-electron chi connectivity index (χ2n) is 4.33. The Labute approximate surface area is 118 Å². The summed E-state index contributed by atoms with van der Waals surface area (Å²) in [5.74, 6) is -4.16. The van der Waals surface area contributed by atoms with Crippen molar-refractivity contribution in [3.8, 4) is 0 Å². The fourth-order valence-electron chi connectivity index (χ4n) is 1.68. The third-order valence-corrected chi connectivity index (χ3v) is 2.76. The summed E-state index contributed by atoms with van der Waals surface area (Å²) in [5, 5.41) is 9.29. The Kier molecular flexibility index (Phi) is 4.46. The number of hydrogen-bond acceptors (Lipinski definition) is 3. The average Bonchev–Trinajstić information content (AvgIpc) is 2.89. The van der Waals surface area contributed by atoms with E-state index in [1.54, 1.807) is 6.20 Å². The lowest BCUT2D eigenvalue weighted by Gasteiger charge is -2.05. The summed E-state index contributed by atoms with van der Waals surface area (Å²) in [6, 6.07) is 1.83.